The zero-order valence-electron chi connectivity index (χ0n) is 14.3. The first-order valence-corrected chi connectivity index (χ1v) is 8.64. The van der Waals surface area contributed by atoms with Crippen molar-refractivity contribution in [1.82, 2.24) is 14.9 Å². The van der Waals surface area contributed by atoms with Crippen molar-refractivity contribution in [3.63, 3.8) is 0 Å². The second-order valence-corrected chi connectivity index (χ2v) is 6.32. The van der Waals surface area contributed by atoms with Gasteiger partial charge in [0.2, 0.25) is 5.91 Å². The third kappa shape index (κ3) is 3.51. The van der Waals surface area contributed by atoms with E-state index >= 15 is 0 Å². The molecule has 24 heavy (non-hydrogen) atoms. The molecular weight excluding hydrogens is 302 g/mol. The van der Waals surface area contributed by atoms with E-state index in [0.29, 0.717) is 6.61 Å². The van der Waals surface area contributed by atoms with E-state index in [2.05, 4.69) is 10.3 Å². The van der Waals surface area contributed by atoms with Crippen molar-refractivity contribution in [2.75, 3.05) is 6.61 Å². The highest BCUT2D eigenvalue weighted by atomic mass is 16.5. The fourth-order valence-corrected chi connectivity index (χ4v) is 3.38. The van der Waals surface area contributed by atoms with Crippen molar-refractivity contribution in [3.05, 3.63) is 54.1 Å². The third-order valence-corrected chi connectivity index (χ3v) is 4.69. The summed E-state index contributed by atoms with van der Waals surface area (Å²) in [6.45, 7) is 2.75. The number of imidazole rings is 1. The molecule has 1 fully saturated rings. The Morgan fingerprint density at radius 1 is 1.42 bits per heavy atom. The maximum Gasteiger partial charge on any atom is 0.227 e. The average molecular weight is 327 g/mol. The minimum atomic E-state index is -0.184. The van der Waals surface area contributed by atoms with Crippen molar-refractivity contribution < 1.29 is 9.53 Å². The third-order valence-electron chi connectivity index (χ3n) is 4.69. The second-order valence-electron chi connectivity index (χ2n) is 6.32. The Morgan fingerprint density at radius 2 is 2.21 bits per heavy atom. The number of aromatic nitrogens is 2. The van der Waals surface area contributed by atoms with Crippen LogP contribution in [-0.2, 0) is 16.6 Å². The number of carbonyl (C=O) groups excluding carboxylic acids is 1. The molecule has 1 aliphatic heterocycles. The molecule has 1 N–H and O–H groups in total. The Balaban J connectivity index is 1.75. The van der Waals surface area contributed by atoms with E-state index < -0.39 is 0 Å². The Morgan fingerprint density at radius 3 is 2.88 bits per heavy atom. The van der Waals surface area contributed by atoms with Crippen molar-refractivity contribution in [2.45, 2.75) is 44.2 Å². The smallest absolute Gasteiger partial charge is 0.227 e. The first-order chi connectivity index (χ1) is 11.7. The van der Waals surface area contributed by atoms with Gasteiger partial charge in [0.25, 0.3) is 0 Å². The van der Waals surface area contributed by atoms with Crippen LogP contribution < -0.4 is 5.32 Å². The fourth-order valence-electron chi connectivity index (χ4n) is 3.38. The molecule has 0 aliphatic carbocycles. The molecule has 3 atom stereocenters. The van der Waals surface area contributed by atoms with E-state index in [9.17, 15) is 4.79 Å². The summed E-state index contributed by atoms with van der Waals surface area (Å²) in [5, 5.41) is 3.22. The molecule has 0 spiro atoms. The summed E-state index contributed by atoms with van der Waals surface area (Å²) in [6, 6.07) is 9.92. The van der Waals surface area contributed by atoms with E-state index in [-0.39, 0.29) is 24.0 Å². The first-order valence-electron chi connectivity index (χ1n) is 8.64. The molecule has 1 aromatic carbocycles. The van der Waals surface area contributed by atoms with E-state index in [1.54, 1.807) is 6.20 Å². The zero-order valence-corrected chi connectivity index (χ0v) is 14.3. The summed E-state index contributed by atoms with van der Waals surface area (Å²) in [7, 11) is 1.96. The van der Waals surface area contributed by atoms with Crippen molar-refractivity contribution in [2.24, 2.45) is 7.05 Å². The minimum Gasteiger partial charge on any atom is -0.368 e. The van der Waals surface area contributed by atoms with Crippen LogP contribution in [0, 0.1) is 0 Å². The van der Waals surface area contributed by atoms with Crippen LogP contribution in [0.3, 0.4) is 0 Å². The number of nitrogens with zero attached hydrogens (tertiary/aromatic N) is 2. The SMILES string of the molecule is CC[C@@H](C(=O)N[C@H]1CCCO[C@@H]1c1nccn1C)c1ccccc1. The van der Waals surface area contributed by atoms with E-state index in [1.807, 2.05) is 55.1 Å². The molecule has 3 rings (SSSR count). The van der Waals surface area contributed by atoms with Gasteiger partial charge in [0, 0.05) is 26.0 Å². The largest absolute Gasteiger partial charge is 0.368 e. The van der Waals surface area contributed by atoms with Gasteiger partial charge < -0.3 is 14.6 Å². The zero-order chi connectivity index (χ0) is 16.9. The lowest BCUT2D eigenvalue weighted by molar-refractivity contribution is -0.125. The highest BCUT2D eigenvalue weighted by molar-refractivity contribution is 5.83. The molecule has 1 amide bonds. The normalized spacial score (nSPS) is 22.1. The molecule has 1 aromatic heterocycles. The summed E-state index contributed by atoms with van der Waals surface area (Å²) >= 11 is 0. The van der Waals surface area contributed by atoms with Crippen molar-refractivity contribution in [3.8, 4) is 0 Å². The highest BCUT2D eigenvalue weighted by Gasteiger charge is 2.33. The number of benzene rings is 1. The number of carbonyl (C=O) groups is 1. The van der Waals surface area contributed by atoms with Crippen molar-refractivity contribution in [1.29, 1.82) is 0 Å². The quantitative estimate of drug-likeness (QED) is 0.918. The number of aryl methyl sites for hydroxylation is 1. The molecule has 5 heteroatoms. The molecule has 1 aliphatic rings. The lowest BCUT2D eigenvalue weighted by Gasteiger charge is -2.33. The van der Waals surface area contributed by atoms with Crippen LogP contribution in [-0.4, -0.2) is 28.1 Å². The number of hydrogen-bond acceptors (Lipinski definition) is 3. The van der Waals surface area contributed by atoms with E-state index in [4.69, 9.17) is 4.74 Å². The minimum absolute atomic E-state index is 0.0369. The van der Waals surface area contributed by atoms with Crippen LogP contribution in [0.25, 0.3) is 0 Å². The van der Waals surface area contributed by atoms with Crippen LogP contribution in [0.2, 0.25) is 0 Å². The maximum absolute atomic E-state index is 12.8. The van der Waals surface area contributed by atoms with E-state index in [1.165, 1.54) is 0 Å². The summed E-state index contributed by atoms with van der Waals surface area (Å²) < 4.78 is 7.90. The van der Waals surface area contributed by atoms with Gasteiger partial charge in [0.05, 0.1) is 12.0 Å². The molecule has 2 aromatic rings. The molecule has 2 heterocycles. The predicted molar refractivity (Wildman–Crippen MR) is 92.5 cm³/mol. The van der Waals surface area contributed by atoms with Gasteiger partial charge in [-0.2, -0.15) is 0 Å². The Hall–Kier alpha value is -2.14. The lowest BCUT2D eigenvalue weighted by Crippen LogP contribution is -2.45. The summed E-state index contributed by atoms with van der Waals surface area (Å²) in [6.07, 6.45) is 6.13. The van der Waals surface area contributed by atoms with Gasteiger partial charge in [0.1, 0.15) is 11.9 Å². The molecule has 0 radical (unpaired) electrons. The van der Waals surface area contributed by atoms with E-state index in [0.717, 1.165) is 30.7 Å². The van der Waals surface area contributed by atoms with Gasteiger partial charge in [-0.15, -0.1) is 0 Å². The molecule has 128 valence electrons. The summed E-state index contributed by atoms with van der Waals surface area (Å²) in [4.78, 5) is 17.3. The second kappa shape index (κ2) is 7.62. The standard InChI is InChI=1S/C19H25N3O2/c1-3-15(14-8-5-4-6-9-14)19(23)21-16-10-7-13-24-17(16)18-20-11-12-22(18)2/h4-6,8-9,11-12,15-17H,3,7,10,13H2,1-2H3,(H,21,23)/t15-,16+,17+/m1/s1. The average Bonchev–Trinajstić information content (AvgIpc) is 3.03. The summed E-state index contributed by atoms with van der Waals surface area (Å²) in [5.74, 6) is 0.807. The number of hydrogen-bond donors (Lipinski definition) is 1. The van der Waals surface area contributed by atoms with Gasteiger partial charge >= 0.3 is 0 Å². The fraction of sp³-hybridized carbons (Fsp3) is 0.474. The van der Waals surface area contributed by atoms with Gasteiger partial charge in [0.15, 0.2) is 0 Å². The van der Waals surface area contributed by atoms with Crippen LogP contribution in [0.1, 0.15) is 49.6 Å². The van der Waals surface area contributed by atoms with Gasteiger partial charge in [-0.3, -0.25) is 4.79 Å². The van der Waals surface area contributed by atoms with Crippen LogP contribution in [0.15, 0.2) is 42.7 Å². The molecular formula is C19H25N3O2. The molecule has 0 unspecified atom stereocenters. The molecule has 1 saturated heterocycles. The maximum atomic E-state index is 12.8. The molecule has 0 saturated carbocycles. The van der Waals surface area contributed by atoms with Crippen molar-refractivity contribution >= 4 is 5.91 Å². The van der Waals surface area contributed by atoms with Gasteiger partial charge in [-0.05, 0) is 24.8 Å². The number of ether oxygens (including phenoxy) is 1. The Bertz CT molecular complexity index is 668. The molecule has 5 nitrogen and oxygen atoms in total. The Kier molecular flexibility index (Phi) is 5.30. The number of amides is 1. The monoisotopic (exact) mass is 327 g/mol. The number of nitrogens with one attached hydrogen (secondary N) is 1. The number of rotatable bonds is 5. The first kappa shape index (κ1) is 16.7. The molecule has 0 bridgehead atoms. The van der Waals surface area contributed by atoms with Gasteiger partial charge in [-0.1, -0.05) is 37.3 Å². The summed E-state index contributed by atoms with van der Waals surface area (Å²) in [5.41, 5.74) is 1.06. The Labute approximate surface area is 143 Å². The van der Waals surface area contributed by atoms with Crippen LogP contribution in [0.4, 0.5) is 0 Å². The highest BCUT2D eigenvalue weighted by Crippen LogP contribution is 2.28. The van der Waals surface area contributed by atoms with Crippen LogP contribution >= 0.6 is 0 Å². The topological polar surface area (TPSA) is 56.1 Å². The lowest BCUT2D eigenvalue weighted by atomic mass is 9.94. The predicted octanol–water partition coefficient (Wildman–Crippen LogP) is 2.95. The van der Waals surface area contributed by atoms with Crippen LogP contribution in [0.5, 0.6) is 0 Å². The van der Waals surface area contributed by atoms with Gasteiger partial charge in [-0.25, -0.2) is 4.98 Å².